The van der Waals surface area contributed by atoms with Crippen molar-refractivity contribution in [2.75, 3.05) is 10.7 Å². The van der Waals surface area contributed by atoms with Gasteiger partial charge in [0, 0.05) is 21.1 Å². The second kappa shape index (κ2) is 7.45. The molecule has 0 amide bonds. The van der Waals surface area contributed by atoms with E-state index in [1.54, 1.807) is 6.07 Å². The highest BCUT2D eigenvalue weighted by Crippen LogP contribution is 2.38. The van der Waals surface area contributed by atoms with Crippen molar-refractivity contribution in [3.05, 3.63) is 69.5 Å². The minimum atomic E-state index is -0.397. The first kappa shape index (κ1) is 17.3. The monoisotopic (exact) mass is 452 g/mol. The fraction of sp³-hybridized carbons (Fsp3) is 0.250. The lowest BCUT2D eigenvalue weighted by molar-refractivity contribution is 0.547. The fourth-order valence-electron chi connectivity index (χ4n) is 2.31. The Morgan fingerprint density at radius 1 is 0.952 bits per heavy atom. The summed E-state index contributed by atoms with van der Waals surface area (Å²) in [5.74, 6) is -0.397. The predicted octanol–water partition coefficient (Wildman–Crippen LogP) is 6.40. The van der Waals surface area contributed by atoms with E-state index >= 15 is 0 Å². The van der Waals surface area contributed by atoms with Crippen molar-refractivity contribution in [3.63, 3.8) is 0 Å². The Morgan fingerprint density at radius 2 is 1.62 bits per heavy atom. The topological polar surface area (TPSA) is 0 Å². The summed E-state index contributed by atoms with van der Waals surface area (Å²) in [7, 11) is 0. The maximum Gasteiger partial charge on any atom is 0.142 e. The van der Waals surface area contributed by atoms with Crippen molar-refractivity contribution < 1.29 is 4.39 Å². The Kier molecular flexibility index (Phi) is 6.13. The summed E-state index contributed by atoms with van der Waals surface area (Å²) < 4.78 is 13.7. The van der Waals surface area contributed by atoms with Crippen LogP contribution in [0.15, 0.2) is 42.5 Å². The molecule has 0 saturated carbocycles. The third kappa shape index (κ3) is 3.64. The van der Waals surface area contributed by atoms with Crippen molar-refractivity contribution in [1.82, 2.24) is 0 Å². The van der Waals surface area contributed by atoms with Crippen molar-refractivity contribution >= 4 is 55.1 Å². The van der Waals surface area contributed by atoms with Gasteiger partial charge in [-0.25, -0.2) is 4.39 Å². The van der Waals surface area contributed by atoms with Crippen LogP contribution in [0.3, 0.4) is 0 Å². The molecule has 0 aliphatic heterocycles. The van der Waals surface area contributed by atoms with E-state index in [9.17, 15) is 4.39 Å². The van der Waals surface area contributed by atoms with Crippen LogP contribution in [0, 0.1) is 5.82 Å². The summed E-state index contributed by atoms with van der Waals surface area (Å²) in [4.78, 5) is 0. The molecular formula is C16H13Br2Cl2F. The van der Waals surface area contributed by atoms with Crippen LogP contribution in [0.2, 0.25) is 10.0 Å². The maximum atomic E-state index is 13.7. The summed E-state index contributed by atoms with van der Waals surface area (Å²) in [6.45, 7) is 0. The highest BCUT2D eigenvalue weighted by molar-refractivity contribution is 9.09. The largest absolute Gasteiger partial charge is 0.205 e. The first-order valence-corrected chi connectivity index (χ1v) is 9.34. The average Bonchev–Trinajstić information content (AvgIpc) is 2.50. The Bertz CT molecular complexity index is 627. The molecule has 0 nitrogen and oxygen atoms in total. The summed E-state index contributed by atoms with van der Waals surface area (Å²) in [5.41, 5.74) is 1.49. The van der Waals surface area contributed by atoms with E-state index in [1.165, 1.54) is 6.07 Å². The molecule has 2 aromatic carbocycles. The van der Waals surface area contributed by atoms with Crippen LogP contribution in [0.4, 0.5) is 4.39 Å². The van der Waals surface area contributed by atoms with Gasteiger partial charge >= 0.3 is 0 Å². The minimum absolute atomic E-state index is 0.177. The van der Waals surface area contributed by atoms with E-state index in [-0.39, 0.29) is 10.4 Å². The highest BCUT2D eigenvalue weighted by Gasteiger charge is 2.33. The molecule has 21 heavy (non-hydrogen) atoms. The zero-order chi connectivity index (χ0) is 15.5. The van der Waals surface area contributed by atoms with Gasteiger partial charge in [0.05, 0.1) is 5.02 Å². The van der Waals surface area contributed by atoms with E-state index in [1.807, 2.05) is 30.3 Å². The van der Waals surface area contributed by atoms with Crippen molar-refractivity contribution in [2.45, 2.75) is 11.8 Å². The van der Waals surface area contributed by atoms with Crippen LogP contribution in [0.5, 0.6) is 0 Å². The van der Waals surface area contributed by atoms with Crippen molar-refractivity contribution in [1.29, 1.82) is 0 Å². The van der Waals surface area contributed by atoms with E-state index in [2.05, 4.69) is 31.9 Å². The van der Waals surface area contributed by atoms with Gasteiger partial charge in [0.1, 0.15) is 5.82 Å². The molecule has 0 spiro atoms. The number of rotatable bonds is 5. The van der Waals surface area contributed by atoms with Gasteiger partial charge < -0.3 is 0 Å². The van der Waals surface area contributed by atoms with E-state index in [4.69, 9.17) is 23.2 Å². The lowest BCUT2D eigenvalue weighted by Crippen LogP contribution is -2.33. The van der Waals surface area contributed by atoms with Gasteiger partial charge in [-0.1, -0.05) is 85.4 Å². The first-order valence-electron chi connectivity index (χ1n) is 6.34. The summed E-state index contributed by atoms with van der Waals surface area (Å²) >= 11 is 19.6. The SMILES string of the molecule is Fc1cccc(CC(CBr)(CBr)c2ccccc2Cl)c1Cl. The Morgan fingerprint density at radius 3 is 2.24 bits per heavy atom. The van der Waals surface area contributed by atoms with Gasteiger partial charge in [0.25, 0.3) is 0 Å². The Balaban J connectivity index is 2.49. The Labute approximate surface area is 150 Å². The predicted molar refractivity (Wildman–Crippen MR) is 95.8 cm³/mol. The summed E-state index contributed by atoms with van der Waals surface area (Å²) in [6, 6.07) is 12.6. The normalized spacial score (nSPS) is 11.7. The van der Waals surface area contributed by atoms with Gasteiger partial charge in [-0.15, -0.1) is 0 Å². The molecule has 0 N–H and O–H groups in total. The van der Waals surface area contributed by atoms with Crippen LogP contribution >= 0.6 is 55.1 Å². The third-order valence-corrected chi connectivity index (χ3v) is 6.42. The van der Waals surface area contributed by atoms with Crippen LogP contribution < -0.4 is 0 Å². The molecule has 0 atom stereocenters. The van der Waals surface area contributed by atoms with Crippen LogP contribution in [0.1, 0.15) is 11.1 Å². The van der Waals surface area contributed by atoms with Crippen molar-refractivity contribution in [3.8, 4) is 0 Å². The molecule has 0 fully saturated rings. The molecular weight excluding hydrogens is 442 g/mol. The molecule has 0 aromatic heterocycles. The Hall–Kier alpha value is -0.0900. The summed E-state index contributed by atoms with van der Waals surface area (Å²) in [6.07, 6.45) is 0.587. The number of benzene rings is 2. The van der Waals surface area contributed by atoms with Crippen LogP contribution in [-0.4, -0.2) is 10.7 Å². The third-order valence-electron chi connectivity index (χ3n) is 3.52. The lowest BCUT2D eigenvalue weighted by Gasteiger charge is -2.32. The van der Waals surface area contributed by atoms with Gasteiger partial charge in [0.2, 0.25) is 0 Å². The highest BCUT2D eigenvalue weighted by atomic mass is 79.9. The smallest absolute Gasteiger partial charge is 0.142 e. The number of halogens is 5. The molecule has 0 heterocycles. The average molecular weight is 455 g/mol. The van der Waals surface area contributed by atoms with E-state index < -0.39 is 5.82 Å². The minimum Gasteiger partial charge on any atom is -0.205 e. The number of hydrogen-bond acceptors (Lipinski definition) is 0. The lowest BCUT2D eigenvalue weighted by atomic mass is 9.79. The molecule has 0 unspecified atom stereocenters. The molecule has 0 radical (unpaired) electrons. The van der Waals surface area contributed by atoms with Gasteiger partial charge in [-0.3, -0.25) is 0 Å². The van der Waals surface area contributed by atoms with Gasteiger partial charge in [-0.05, 0) is 29.7 Å². The summed E-state index contributed by atoms with van der Waals surface area (Å²) in [5, 5.41) is 2.24. The molecule has 5 heteroatoms. The van der Waals surface area contributed by atoms with Crippen molar-refractivity contribution in [2.24, 2.45) is 0 Å². The number of alkyl halides is 2. The first-order chi connectivity index (χ1) is 10.0. The van der Waals surface area contributed by atoms with Gasteiger partial charge in [0.15, 0.2) is 0 Å². The molecule has 0 aliphatic rings. The molecule has 112 valence electrons. The molecule has 2 aromatic rings. The van der Waals surface area contributed by atoms with Gasteiger partial charge in [-0.2, -0.15) is 0 Å². The van der Waals surface area contributed by atoms with Crippen LogP contribution in [-0.2, 0) is 11.8 Å². The number of hydrogen-bond donors (Lipinski definition) is 0. The molecule has 0 aliphatic carbocycles. The zero-order valence-corrected chi connectivity index (χ0v) is 15.7. The quantitative estimate of drug-likeness (QED) is 0.458. The fourth-order valence-corrected chi connectivity index (χ4v) is 4.77. The second-order valence-corrected chi connectivity index (χ2v) is 6.82. The molecule has 0 bridgehead atoms. The van der Waals surface area contributed by atoms with E-state index in [0.29, 0.717) is 22.1 Å². The standard InChI is InChI=1S/C16H13Br2Cl2F/c17-9-16(10-18,12-5-1-2-6-13(12)19)8-11-4-3-7-14(21)15(11)20/h1-7H,8-10H2. The van der Waals surface area contributed by atoms with E-state index in [0.717, 1.165) is 11.1 Å². The molecule has 0 saturated heterocycles. The maximum absolute atomic E-state index is 13.7. The second-order valence-electron chi connectivity index (χ2n) is 4.92. The molecule has 2 rings (SSSR count). The zero-order valence-electron chi connectivity index (χ0n) is 11.1. The van der Waals surface area contributed by atoms with Crippen LogP contribution in [0.25, 0.3) is 0 Å².